The Bertz CT molecular complexity index is 1060. The highest BCUT2D eigenvalue weighted by Crippen LogP contribution is 2.25. The van der Waals surface area contributed by atoms with Gasteiger partial charge >= 0.3 is 5.97 Å². The molecule has 3 aromatic heterocycles. The normalized spacial score (nSPS) is 11.6. The quantitative estimate of drug-likeness (QED) is 0.298. The summed E-state index contributed by atoms with van der Waals surface area (Å²) in [5, 5.41) is 17.5. The van der Waals surface area contributed by atoms with Crippen molar-refractivity contribution in [3.63, 3.8) is 0 Å². The van der Waals surface area contributed by atoms with Crippen LogP contribution in [0.15, 0.2) is 35.7 Å². The second-order valence-corrected chi connectivity index (χ2v) is 6.47. The average molecular weight is 356 g/mol. The van der Waals surface area contributed by atoms with Gasteiger partial charge in [-0.05, 0) is 25.5 Å². The predicted octanol–water partition coefficient (Wildman–Crippen LogP) is 2.36. The van der Waals surface area contributed by atoms with Crippen molar-refractivity contribution in [2.75, 3.05) is 12.4 Å². The summed E-state index contributed by atoms with van der Waals surface area (Å²) in [5.74, 6) is 0.594. The molecular weight excluding hydrogens is 340 g/mol. The number of hydrogen-bond acceptors (Lipinski definition) is 7. The van der Waals surface area contributed by atoms with Gasteiger partial charge < -0.3 is 4.74 Å². The molecule has 0 aliphatic heterocycles. The SMILES string of the molecule is CCOC(=O)CCCSc1nnc2c3nncn3c3ccccc3n12. The number of hydrogen-bond donors (Lipinski definition) is 0. The molecule has 0 atom stereocenters. The Balaban J connectivity index is 1.67. The Morgan fingerprint density at radius 2 is 2.00 bits per heavy atom. The highest BCUT2D eigenvalue weighted by molar-refractivity contribution is 7.99. The van der Waals surface area contributed by atoms with Crippen molar-refractivity contribution in [2.45, 2.75) is 24.9 Å². The van der Waals surface area contributed by atoms with Gasteiger partial charge in [0, 0.05) is 12.2 Å². The average Bonchev–Trinajstić information content (AvgIpc) is 3.26. The lowest BCUT2D eigenvalue weighted by Crippen LogP contribution is -2.04. The number of fused-ring (bicyclic) bond motifs is 6. The van der Waals surface area contributed by atoms with Crippen LogP contribution < -0.4 is 0 Å². The molecule has 0 aliphatic rings. The minimum atomic E-state index is -0.162. The minimum absolute atomic E-state index is 0.162. The van der Waals surface area contributed by atoms with Gasteiger partial charge in [0.15, 0.2) is 5.16 Å². The minimum Gasteiger partial charge on any atom is -0.466 e. The fraction of sp³-hybridized carbons (Fsp3) is 0.312. The standard InChI is InChI=1S/C16H16N6O2S/c1-2-24-13(23)8-5-9-25-16-20-19-15-14-18-17-10-21(14)11-6-3-4-7-12(11)22(15)16/h3-4,6-7,10H,2,5,8-9H2,1H3. The van der Waals surface area contributed by atoms with Gasteiger partial charge in [0.25, 0.3) is 0 Å². The molecule has 25 heavy (non-hydrogen) atoms. The maximum Gasteiger partial charge on any atom is 0.305 e. The first kappa shape index (κ1) is 15.8. The van der Waals surface area contributed by atoms with Gasteiger partial charge in [-0.25, -0.2) is 0 Å². The van der Waals surface area contributed by atoms with E-state index in [2.05, 4.69) is 20.4 Å². The zero-order valence-corrected chi connectivity index (χ0v) is 14.4. The third kappa shape index (κ3) is 2.80. The largest absolute Gasteiger partial charge is 0.466 e. The number of thioether (sulfide) groups is 1. The Kier molecular flexibility index (Phi) is 4.22. The Hall–Kier alpha value is -2.68. The van der Waals surface area contributed by atoms with E-state index in [0.29, 0.717) is 24.3 Å². The van der Waals surface area contributed by atoms with Crippen LogP contribution in [0.5, 0.6) is 0 Å². The Morgan fingerprint density at radius 3 is 2.84 bits per heavy atom. The molecule has 0 saturated heterocycles. The van der Waals surface area contributed by atoms with E-state index in [1.165, 1.54) is 0 Å². The lowest BCUT2D eigenvalue weighted by atomic mass is 10.3. The van der Waals surface area contributed by atoms with Gasteiger partial charge in [0.05, 0.1) is 17.6 Å². The molecule has 9 heteroatoms. The van der Waals surface area contributed by atoms with Crippen molar-refractivity contribution in [1.82, 2.24) is 29.2 Å². The second kappa shape index (κ2) is 6.67. The highest BCUT2D eigenvalue weighted by Gasteiger charge is 2.16. The Labute approximate surface area is 147 Å². The maximum atomic E-state index is 11.4. The molecule has 8 nitrogen and oxygen atoms in total. The van der Waals surface area contributed by atoms with Crippen LogP contribution >= 0.6 is 11.8 Å². The number of para-hydroxylation sites is 2. The topological polar surface area (TPSA) is 86.7 Å². The molecule has 0 unspecified atom stereocenters. The number of benzene rings is 1. The lowest BCUT2D eigenvalue weighted by Gasteiger charge is -2.06. The lowest BCUT2D eigenvalue weighted by molar-refractivity contribution is -0.143. The summed E-state index contributed by atoms with van der Waals surface area (Å²) in [5.41, 5.74) is 3.32. The van der Waals surface area contributed by atoms with Crippen molar-refractivity contribution in [3.8, 4) is 0 Å². The van der Waals surface area contributed by atoms with Gasteiger partial charge in [0.1, 0.15) is 6.33 Å². The molecule has 0 aliphatic carbocycles. The molecule has 0 N–H and O–H groups in total. The maximum absolute atomic E-state index is 11.4. The molecule has 0 saturated carbocycles. The molecule has 4 rings (SSSR count). The number of esters is 1. The number of ether oxygens (including phenoxy) is 1. The van der Waals surface area contributed by atoms with Gasteiger partial charge in [-0.3, -0.25) is 13.6 Å². The summed E-state index contributed by atoms with van der Waals surface area (Å²) >= 11 is 1.57. The van der Waals surface area contributed by atoms with Crippen molar-refractivity contribution in [1.29, 1.82) is 0 Å². The number of aromatic nitrogens is 6. The molecule has 4 aromatic rings. The smallest absolute Gasteiger partial charge is 0.305 e. The van der Waals surface area contributed by atoms with Crippen molar-refractivity contribution in [2.24, 2.45) is 0 Å². The highest BCUT2D eigenvalue weighted by atomic mass is 32.2. The summed E-state index contributed by atoms with van der Waals surface area (Å²) < 4.78 is 8.85. The van der Waals surface area contributed by atoms with Gasteiger partial charge in [-0.15, -0.1) is 20.4 Å². The third-order valence-corrected chi connectivity index (χ3v) is 4.84. The van der Waals surface area contributed by atoms with Crippen molar-refractivity contribution >= 4 is 40.1 Å². The summed E-state index contributed by atoms with van der Waals surface area (Å²) in [6.07, 6.45) is 2.81. The van der Waals surface area contributed by atoms with Crippen LogP contribution in [-0.4, -0.2) is 47.5 Å². The summed E-state index contributed by atoms with van der Waals surface area (Å²) in [6, 6.07) is 7.99. The van der Waals surface area contributed by atoms with E-state index in [0.717, 1.165) is 28.4 Å². The van der Waals surface area contributed by atoms with E-state index in [9.17, 15) is 4.79 Å². The monoisotopic (exact) mass is 356 g/mol. The molecule has 0 amide bonds. The molecule has 128 valence electrons. The van der Waals surface area contributed by atoms with E-state index in [1.807, 2.05) is 40.0 Å². The molecule has 0 bridgehead atoms. The molecule has 3 heterocycles. The Morgan fingerprint density at radius 1 is 1.16 bits per heavy atom. The van der Waals surface area contributed by atoms with Crippen LogP contribution in [0.4, 0.5) is 0 Å². The van der Waals surface area contributed by atoms with Crippen LogP contribution in [-0.2, 0) is 9.53 Å². The van der Waals surface area contributed by atoms with Crippen molar-refractivity contribution < 1.29 is 9.53 Å². The van der Waals surface area contributed by atoms with Gasteiger partial charge in [-0.2, -0.15) is 0 Å². The number of rotatable bonds is 6. The summed E-state index contributed by atoms with van der Waals surface area (Å²) in [6.45, 7) is 2.23. The van der Waals surface area contributed by atoms with Crippen LogP contribution in [0, 0.1) is 0 Å². The zero-order valence-electron chi connectivity index (χ0n) is 13.6. The fourth-order valence-electron chi connectivity index (χ4n) is 2.76. The molecule has 0 radical (unpaired) electrons. The second-order valence-electron chi connectivity index (χ2n) is 5.41. The number of carbonyl (C=O) groups excluding carboxylic acids is 1. The number of carbonyl (C=O) groups is 1. The van der Waals surface area contributed by atoms with E-state index < -0.39 is 0 Å². The van der Waals surface area contributed by atoms with Crippen LogP contribution in [0.25, 0.3) is 22.3 Å². The van der Waals surface area contributed by atoms with E-state index in [1.54, 1.807) is 18.1 Å². The molecule has 1 aromatic carbocycles. The van der Waals surface area contributed by atoms with Crippen LogP contribution in [0.3, 0.4) is 0 Å². The van der Waals surface area contributed by atoms with Crippen LogP contribution in [0.2, 0.25) is 0 Å². The molecular formula is C16H16N6O2S. The first-order valence-electron chi connectivity index (χ1n) is 8.03. The first-order valence-corrected chi connectivity index (χ1v) is 9.02. The predicted molar refractivity (Wildman–Crippen MR) is 93.6 cm³/mol. The zero-order chi connectivity index (χ0) is 17.2. The summed E-state index contributed by atoms with van der Waals surface area (Å²) in [7, 11) is 0. The third-order valence-electron chi connectivity index (χ3n) is 3.83. The van der Waals surface area contributed by atoms with E-state index in [-0.39, 0.29) is 5.97 Å². The molecule has 0 spiro atoms. The van der Waals surface area contributed by atoms with Gasteiger partial charge in [0.2, 0.25) is 11.3 Å². The fourth-order valence-corrected chi connectivity index (χ4v) is 3.64. The molecule has 0 fully saturated rings. The summed E-state index contributed by atoms with van der Waals surface area (Å²) in [4.78, 5) is 11.4. The van der Waals surface area contributed by atoms with E-state index in [4.69, 9.17) is 4.74 Å². The number of nitrogens with zero attached hydrogens (tertiary/aromatic N) is 6. The van der Waals surface area contributed by atoms with E-state index >= 15 is 0 Å². The first-order chi connectivity index (χ1) is 12.3. The van der Waals surface area contributed by atoms with Crippen molar-refractivity contribution in [3.05, 3.63) is 30.6 Å². The van der Waals surface area contributed by atoms with Gasteiger partial charge in [-0.1, -0.05) is 23.9 Å². The van der Waals surface area contributed by atoms with Crippen LogP contribution in [0.1, 0.15) is 19.8 Å².